The number of carbonyl (C=O) groups is 1. The highest BCUT2D eigenvalue weighted by atomic mass is 16.5. The van der Waals surface area contributed by atoms with Crippen LogP contribution in [0.5, 0.6) is 0 Å². The number of hydrogen-bond acceptors (Lipinski definition) is 6. The van der Waals surface area contributed by atoms with E-state index in [-0.39, 0.29) is 24.6 Å². The number of aliphatic hydroxyl groups excluding tert-OH is 1. The lowest BCUT2D eigenvalue weighted by molar-refractivity contribution is 0.0222. The minimum absolute atomic E-state index is 0.0273. The van der Waals surface area contributed by atoms with E-state index >= 15 is 0 Å². The van der Waals surface area contributed by atoms with Crippen molar-refractivity contribution in [3.8, 4) is 0 Å². The smallest absolute Gasteiger partial charge is 0.322 e. The van der Waals surface area contributed by atoms with E-state index in [9.17, 15) is 9.90 Å². The van der Waals surface area contributed by atoms with Gasteiger partial charge in [-0.1, -0.05) is 18.5 Å². The average Bonchev–Trinajstić information content (AvgIpc) is 3.16. The van der Waals surface area contributed by atoms with Gasteiger partial charge in [-0.2, -0.15) is 0 Å². The molecule has 3 heterocycles. The highest BCUT2D eigenvalue weighted by molar-refractivity contribution is 5.90. The molecule has 146 valence electrons. The predicted molar refractivity (Wildman–Crippen MR) is 97.1 cm³/mol. The molecule has 0 spiro atoms. The number of nitrogens with one attached hydrogen (secondary N) is 1. The van der Waals surface area contributed by atoms with Gasteiger partial charge in [0, 0.05) is 26.2 Å². The number of urea groups is 1. The van der Waals surface area contributed by atoms with Crippen LogP contribution in [0.1, 0.15) is 24.8 Å². The molecule has 2 N–H and O–H groups in total. The zero-order valence-corrected chi connectivity index (χ0v) is 15.9. The van der Waals surface area contributed by atoms with Crippen molar-refractivity contribution in [3.05, 3.63) is 11.5 Å². The van der Waals surface area contributed by atoms with Crippen molar-refractivity contribution in [1.82, 2.24) is 15.0 Å². The van der Waals surface area contributed by atoms with E-state index in [1.165, 1.54) is 0 Å². The molecule has 2 amide bonds. The van der Waals surface area contributed by atoms with Crippen molar-refractivity contribution in [2.75, 3.05) is 51.3 Å². The molecular weight excluding hydrogens is 336 g/mol. The second kappa shape index (κ2) is 8.37. The number of carbonyl (C=O) groups excluding carboxylic acids is 1. The molecule has 2 saturated heterocycles. The van der Waals surface area contributed by atoms with E-state index in [4.69, 9.17) is 9.26 Å². The molecule has 0 aromatic carbocycles. The maximum atomic E-state index is 12.9. The topological polar surface area (TPSA) is 91.1 Å². The first kappa shape index (κ1) is 19.1. The van der Waals surface area contributed by atoms with Gasteiger partial charge in [-0.15, -0.1) is 0 Å². The van der Waals surface area contributed by atoms with E-state index in [2.05, 4.69) is 22.3 Å². The van der Waals surface area contributed by atoms with Gasteiger partial charge in [0.1, 0.15) is 11.4 Å². The van der Waals surface area contributed by atoms with Gasteiger partial charge < -0.3 is 24.6 Å². The highest BCUT2D eigenvalue weighted by Gasteiger charge is 2.43. The lowest BCUT2D eigenvalue weighted by Gasteiger charge is -2.33. The van der Waals surface area contributed by atoms with Crippen LogP contribution in [0.2, 0.25) is 0 Å². The molecule has 8 heteroatoms. The number of morpholine rings is 1. The van der Waals surface area contributed by atoms with Crippen molar-refractivity contribution < 1.29 is 19.2 Å². The summed E-state index contributed by atoms with van der Waals surface area (Å²) in [5.74, 6) is 1.23. The van der Waals surface area contributed by atoms with Crippen LogP contribution in [0.3, 0.4) is 0 Å². The minimum Gasteiger partial charge on any atom is -0.394 e. The molecule has 3 atom stereocenters. The van der Waals surface area contributed by atoms with Gasteiger partial charge in [-0.05, 0) is 25.7 Å². The highest BCUT2D eigenvalue weighted by Crippen LogP contribution is 2.34. The molecule has 0 aliphatic carbocycles. The number of amides is 2. The Morgan fingerprint density at radius 1 is 1.35 bits per heavy atom. The third kappa shape index (κ3) is 3.87. The summed E-state index contributed by atoms with van der Waals surface area (Å²) in [5, 5.41) is 16.8. The van der Waals surface area contributed by atoms with Gasteiger partial charge in [-0.3, -0.25) is 4.90 Å². The first-order chi connectivity index (χ1) is 12.5. The third-order valence-electron chi connectivity index (χ3n) is 5.74. The van der Waals surface area contributed by atoms with Crippen molar-refractivity contribution >= 4 is 11.7 Å². The van der Waals surface area contributed by atoms with Crippen molar-refractivity contribution in [2.24, 2.45) is 11.8 Å². The van der Waals surface area contributed by atoms with Gasteiger partial charge in [-0.25, -0.2) is 4.79 Å². The molecule has 0 unspecified atom stereocenters. The Morgan fingerprint density at radius 2 is 2.08 bits per heavy atom. The Morgan fingerprint density at radius 3 is 2.65 bits per heavy atom. The third-order valence-corrected chi connectivity index (χ3v) is 5.74. The van der Waals surface area contributed by atoms with E-state index < -0.39 is 0 Å². The van der Waals surface area contributed by atoms with Gasteiger partial charge in [0.05, 0.1) is 25.9 Å². The van der Waals surface area contributed by atoms with Crippen LogP contribution in [-0.2, 0) is 4.74 Å². The summed E-state index contributed by atoms with van der Waals surface area (Å²) in [6.45, 7) is 10.6. The van der Waals surface area contributed by atoms with Crippen LogP contribution >= 0.6 is 0 Å². The Bertz CT molecular complexity index is 595. The number of anilines is 1. The molecule has 0 radical (unpaired) electrons. The lowest BCUT2D eigenvalue weighted by Crippen LogP contribution is -2.47. The Labute approximate surface area is 154 Å². The van der Waals surface area contributed by atoms with Crippen LogP contribution < -0.4 is 5.32 Å². The van der Waals surface area contributed by atoms with Crippen LogP contribution in [0.4, 0.5) is 10.5 Å². The van der Waals surface area contributed by atoms with Crippen LogP contribution in [0.15, 0.2) is 4.52 Å². The molecular formula is C18H30N4O4. The molecule has 3 rings (SSSR count). The number of aryl methyl sites for hydroxylation is 2. The quantitative estimate of drug-likeness (QED) is 0.820. The molecule has 0 saturated carbocycles. The number of ether oxygens (including phenoxy) is 1. The van der Waals surface area contributed by atoms with Gasteiger partial charge in [0.2, 0.25) is 0 Å². The first-order valence-corrected chi connectivity index (χ1v) is 9.46. The maximum Gasteiger partial charge on any atom is 0.322 e. The normalized spacial score (nSPS) is 27.1. The Balaban J connectivity index is 1.71. The zero-order chi connectivity index (χ0) is 18.7. The molecule has 1 aromatic rings. The van der Waals surface area contributed by atoms with Crippen LogP contribution in [0, 0.1) is 25.7 Å². The molecule has 8 nitrogen and oxygen atoms in total. The number of likely N-dealkylation sites (tertiary alicyclic amines) is 1. The standard InChI is InChI=1S/C18H30N4O4/c1-4-14-9-22(18(24)19-17-12(2)20-26-13(17)3)16(11-23)15(14)10-21-5-7-25-8-6-21/h14-16,23H,4-11H2,1-3H3,(H,19,24)/t14-,15-,16-/m1/s1. The summed E-state index contributed by atoms with van der Waals surface area (Å²) in [4.78, 5) is 17.1. The lowest BCUT2D eigenvalue weighted by atomic mass is 9.88. The van der Waals surface area contributed by atoms with Crippen molar-refractivity contribution in [1.29, 1.82) is 0 Å². The fourth-order valence-electron chi connectivity index (χ4n) is 4.16. The molecule has 1 aromatic heterocycles. The molecule has 0 bridgehead atoms. The summed E-state index contributed by atoms with van der Waals surface area (Å²) in [6, 6.07) is -0.371. The summed E-state index contributed by atoms with van der Waals surface area (Å²) in [5.41, 5.74) is 1.28. The fraction of sp³-hybridized carbons (Fsp3) is 0.778. The van der Waals surface area contributed by atoms with Crippen LogP contribution in [0.25, 0.3) is 0 Å². The van der Waals surface area contributed by atoms with Crippen molar-refractivity contribution in [2.45, 2.75) is 33.2 Å². The van der Waals surface area contributed by atoms with Crippen molar-refractivity contribution in [3.63, 3.8) is 0 Å². The number of nitrogens with zero attached hydrogens (tertiary/aromatic N) is 3. The predicted octanol–water partition coefficient (Wildman–Crippen LogP) is 1.47. The summed E-state index contributed by atoms with van der Waals surface area (Å²) in [6.07, 6.45) is 0.987. The average molecular weight is 366 g/mol. The fourth-order valence-corrected chi connectivity index (χ4v) is 4.16. The number of aliphatic hydroxyl groups is 1. The Hall–Kier alpha value is -1.64. The van der Waals surface area contributed by atoms with E-state index in [1.54, 1.807) is 18.7 Å². The second-order valence-corrected chi connectivity index (χ2v) is 7.28. The molecule has 2 aliphatic heterocycles. The number of rotatable bonds is 5. The zero-order valence-electron chi connectivity index (χ0n) is 15.9. The van der Waals surface area contributed by atoms with Gasteiger partial charge >= 0.3 is 6.03 Å². The van der Waals surface area contributed by atoms with Crippen LogP contribution in [-0.4, -0.2) is 78.1 Å². The van der Waals surface area contributed by atoms with E-state index in [0.29, 0.717) is 29.6 Å². The molecule has 2 fully saturated rings. The summed E-state index contributed by atoms with van der Waals surface area (Å²) >= 11 is 0. The van der Waals surface area contributed by atoms with E-state index in [0.717, 1.165) is 39.3 Å². The van der Waals surface area contributed by atoms with Gasteiger partial charge in [0.25, 0.3) is 0 Å². The van der Waals surface area contributed by atoms with Gasteiger partial charge in [0.15, 0.2) is 5.76 Å². The SMILES string of the molecule is CC[C@@H]1CN(C(=O)Nc2c(C)noc2C)[C@H](CO)[C@@H]1CN1CCOCC1. The van der Waals surface area contributed by atoms with E-state index in [1.807, 2.05) is 0 Å². The summed E-state index contributed by atoms with van der Waals surface area (Å²) < 4.78 is 10.6. The largest absolute Gasteiger partial charge is 0.394 e. The maximum absolute atomic E-state index is 12.9. The first-order valence-electron chi connectivity index (χ1n) is 9.46. The molecule has 26 heavy (non-hydrogen) atoms. The summed E-state index contributed by atoms with van der Waals surface area (Å²) in [7, 11) is 0. The molecule has 2 aliphatic rings. The number of hydrogen-bond donors (Lipinski definition) is 2. The number of aromatic nitrogens is 1. The monoisotopic (exact) mass is 366 g/mol. The second-order valence-electron chi connectivity index (χ2n) is 7.28. The Kier molecular flexibility index (Phi) is 6.16. The minimum atomic E-state index is -0.193.